The molecule has 2 heterocycles. The fourth-order valence-electron chi connectivity index (χ4n) is 1.62. The summed E-state index contributed by atoms with van der Waals surface area (Å²) in [5.41, 5.74) is 0. The van der Waals surface area contributed by atoms with Gasteiger partial charge in [0, 0.05) is 4.88 Å². The third-order valence-electron chi connectivity index (χ3n) is 2.52. The van der Waals surface area contributed by atoms with Crippen LogP contribution in [-0.2, 0) is 4.79 Å². The number of carboxylic acids is 1. The van der Waals surface area contributed by atoms with E-state index < -0.39 is 5.97 Å². The molecule has 0 spiro atoms. The fraction of sp³-hybridized carbons (Fsp3) is 0.417. The van der Waals surface area contributed by atoms with Crippen LogP contribution in [0.4, 0.5) is 5.13 Å². The van der Waals surface area contributed by atoms with Crippen molar-refractivity contribution < 1.29 is 9.90 Å². The molecular formula is C12H15N3O2S3. The highest BCUT2D eigenvalue weighted by atomic mass is 32.2. The van der Waals surface area contributed by atoms with Gasteiger partial charge in [0.1, 0.15) is 0 Å². The summed E-state index contributed by atoms with van der Waals surface area (Å²) in [4.78, 5) is 11.8. The third-order valence-corrected chi connectivity index (χ3v) is 5.45. The average Bonchev–Trinajstić information content (AvgIpc) is 3.04. The maximum Gasteiger partial charge on any atom is 0.313 e. The van der Waals surface area contributed by atoms with Crippen molar-refractivity contribution in [1.82, 2.24) is 10.2 Å². The van der Waals surface area contributed by atoms with Gasteiger partial charge in [0.15, 0.2) is 4.34 Å². The molecular weight excluding hydrogens is 314 g/mol. The summed E-state index contributed by atoms with van der Waals surface area (Å²) in [6, 6.07) is 4.33. The highest BCUT2D eigenvalue weighted by Gasteiger charge is 2.18. The van der Waals surface area contributed by atoms with Gasteiger partial charge in [-0.3, -0.25) is 4.79 Å². The van der Waals surface area contributed by atoms with Crippen molar-refractivity contribution in [2.24, 2.45) is 5.92 Å². The molecule has 0 saturated heterocycles. The van der Waals surface area contributed by atoms with E-state index in [-0.39, 0.29) is 11.8 Å². The molecule has 20 heavy (non-hydrogen) atoms. The summed E-state index contributed by atoms with van der Waals surface area (Å²) in [6.45, 7) is 4.30. The molecule has 2 aromatic rings. The Hall–Kier alpha value is -1.12. The van der Waals surface area contributed by atoms with E-state index in [0.717, 1.165) is 5.13 Å². The van der Waals surface area contributed by atoms with Crippen LogP contribution in [0.2, 0.25) is 0 Å². The maximum absolute atomic E-state index is 10.5. The number of nitrogens with one attached hydrogen (secondary N) is 1. The van der Waals surface area contributed by atoms with Gasteiger partial charge in [-0.15, -0.1) is 21.5 Å². The van der Waals surface area contributed by atoms with Gasteiger partial charge < -0.3 is 10.4 Å². The lowest BCUT2D eigenvalue weighted by atomic mass is 10.0. The van der Waals surface area contributed by atoms with Crippen molar-refractivity contribution >= 4 is 45.5 Å². The summed E-state index contributed by atoms with van der Waals surface area (Å²) in [5.74, 6) is -0.418. The molecule has 0 bridgehead atoms. The Morgan fingerprint density at radius 2 is 2.30 bits per heavy atom. The average molecular weight is 329 g/mol. The molecule has 0 saturated carbocycles. The minimum Gasteiger partial charge on any atom is -0.481 e. The van der Waals surface area contributed by atoms with E-state index in [1.165, 1.54) is 28.0 Å². The van der Waals surface area contributed by atoms with Crippen LogP contribution < -0.4 is 5.32 Å². The number of aliphatic carboxylic acids is 1. The Kier molecular flexibility index (Phi) is 5.38. The van der Waals surface area contributed by atoms with Crippen LogP contribution in [0.3, 0.4) is 0 Å². The minimum absolute atomic E-state index is 0.00711. The number of hydrogen-bond acceptors (Lipinski definition) is 7. The van der Waals surface area contributed by atoms with E-state index in [4.69, 9.17) is 5.11 Å². The van der Waals surface area contributed by atoms with Gasteiger partial charge in [-0.1, -0.05) is 43.0 Å². The van der Waals surface area contributed by atoms with Gasteiger partial charge in [-0.2, -0.15) is 0 Å². The molecule has 5 nitrogen and oxygen atoms in total. The lowest BCUT2D eigenvalue weighted by Crippen LogP contribution is -2.15. The standard InChI is InChI=1S/C12H15N3O2S3/c1-7(2)10(8-4-3-5-18-8)13-11-14-15-12(20-11)19-6-9(16)17/h3-5,7,10H,6H2,1-2H3,(H,13,14)(H,16,17). The first-order valence-electron chi connectivity index (χ1n) is 6.04. The highest BCUT2D eigenvalue weighted by molar-refractivity contribution is 8.01. The van der Waals surface area contributed by atoms with Gasteiger partial charge in [0.05, 0.1) is 11.8 Å². The number of thioether (sulfide) groups is 1. The largest absolute Gasteiger partial charge is 0.481 e. The zero-order chi connectivity index (χ0) is 14.5. The minimum atomic E-state index is -0.849. The summed E-state index contributed by atoms with van der Waals surface area (Å²) in [5, 5.41) is 22.9. The zero-order valence-corrected chi connectivity index (χ0v) is 13.5. The molecule has 2 rings (SSSR count). The highest BCUT2D eigenvalue weighted by Crippen LogP contribution is 2.32. The summed E-state index contributed by atoms with van der Waals surface area (Å²) >= 11 is 4.29. The van der Waals surface area contributed by atoms with E-state index in [2.05, 4.69) is 40.8 Å². The lowest BCUT2D eigenvalue weighted by Gasteiger charge is -2.20. The van der Waals surface area contributed by atoms with Gasteiger partial charge in [-0.25, -0.2) is 0 Å². The van der Waals surface area contributed by atoms with Gasteiger partial charge in [0.25, 0.3) is 0 Å². The predicted octanol–water partition coefficient (Wildman–Crippen LogP) is 3.59. The lowest BCUT2D eigenvalue weighted by molar-refractivity contribution is -0.133. The Labute approximate surface area is 129 Å². The Morgan fingerprint density at radius 3 is 2.90 bits per heavy atom. The molecule has 108 valence electrons. The number of carbonyl (C=O) groups is 1. The first-order valence-corrected chi connectivity index (χ1v) is 8.72. The molecule has 0 aliphatic rings. The molecule has 0 aromatic carbocycles. The van der Waals surface area contributed by atoms with Crippen molar-refractivity contribution in [2.45, 2.75) is 24.2 Å². The van der Waals surface area contributed by atoms with Crippen molar-refractivity contribution in [3.63, 3.8) is 0 Å². The van der Waals surface area contributed by atoms with Gasteiger partial charge in [0.2, 0.25) is 5.13 Å². The first-order chi connectivity index (χ1) is 9.56. The van der Waals surface area contributed by atoms with Crippen LogP contribution in [-0.4, -0.2) is 27.0 Å². The molecule has 0 amide bonds. The molecule has 2 N–H and O–H groups in total. The smallest absolute Gasteiger partial charge is 0.313 e. The second-order valence-electron chi connectivity index (χ2n) is 4.44. The van der Waals surface area contributed by atoms with Crippen LogP contribution >= 0.6 is 34.4 Å². The molecule has 0 aliphatic heterocycles. The van der Waals surface area contributed by atoms with Crippen LogP contribution in [0.5, 0.6) is 0 Å². The quantitative estimate of drug-likeness (QED) is 0.756. The molecule has 1 unspecified atom stereocenters. The number of anilines is 1. The van der Waals surface area contributed by atoms with E-state index in [1.54, 1.807) is 11.3 Å². The van der Waals surface area contributed by atoms with Crippen LogP contribution in [0.15, 0.2) is 21.9 Å². The van der Waals surface area contributed by atoms with E-state index in [0.29, 0.717) is 10.3 Å². The molecule has 1 atom stereocenters. The Bertz CT molecular complexity index is 554. The number of aromatic nitrogens is 2. The molecule has 0 radical (unpaired) electrons. The summed E-state index contributed by atoms with van der Waals surface area (Å²) < 4.78 is 0.670. The number of carboxylic acid groups (broad SMARTS) is 1. The van der Waals surface area contributed by atoms with Crippen molar-refractivity contribution in [1.29, 1.82) is 0 Å². The van der Waals surface area contributed by atoms with Crippen LogP contribution in [0.1, 0.15) is 24.8 Å². The number of rotatable bonds is 7. The van der Waals surface area contributed by atoms with Crippen LogP contribution in [0.25, 0.3) is 0 Å². The SMILES string of the molecule is CC(C)C(Nc1nnc(SCC(=O)O)s1)c1cccs1. The van der Waals surface area contributed by atoms with Crippen molar-refractivity contribution in [2.75, 3.05) is 11.1 Å². The molecule has 0 aliphatic carbocycles. The van der Waals surface area contributed by atoms with Crippen molar-refractivity contribution in [3.8, 4) is 0 Å². The van der Waals surface area contributed by atoms with E-state index in [9.17, 15) is 4.79 Å². The number of nitrogens with zero attached hydrogens (tertiary/aromatic N) is 2. The summed E-state index contributed by atoms with van der Waals surface area (Å²) in [7, 11) is 0. The second kappa shape index (κ2) is 7.05. The maximum atomic E-state index is 10.5. The van der Waals surface area contributed by atoms with E-state index >= 15 is 0 Å². The normalized spacial score (nSPS) is 12.6. The Balaban J connectivity index is 2.02. The molecule has 2 aromatic heterocycles. The van der Waals surface area contributed by atoms with Gasteiger partial charge >= 0.3 is 5.97 Å². The Morgan fingerprint density at radius 1 is 1.50 bits per heavy atom. The van der Waals surface area contributed by atoms with Gasteiger partial charge in [-0.05, 0) is 17.4 Å². The van der Waals surface area contributed by atoms with E-state index in [1.807, 2.05) is 6.07 Å². The topological polar surface area (TPSA) is 75.1 Å². The van der Waals surface area contributed by atoms with Crippen LogP contribution in [0, 0.1) is 5.92 Å². The monoisotopic (exact) mass is 329 g/mol. The summed E-state index contributed by atoms with van der Waals surface area (Å²) in [6.07, 6.45) is 0. The first kappa shape index (κ1) is 15.3. The number of thiophene rings is 1. The molecule has 8 heteroatoms. The third kappa shape index (κ3) is 4.19. The predicted molar refractivity (Wildman–Crippen MR) is 83.8 cm³/mol. The second-order valence-corrected chi connectivity index (χ2v) is 7.62. The zero-order valence-electron chi connectivity index (χ0n) is 11.1. The fourth-order valence-corrected chi connectivity index (χ4v) is 4.08. The molecule has 0 fully saturated rings. The number of hydrogen-bond donors (Lipinski definition) is 2. The van der Waals surface area contributed by atoms with Crippen molar-refractivity contribution in [3.05, 3.63) is 22.4 Å².